The van der Waals surface area contributed by atoms with Gasteiger partial charge in [-0.1, -0.05) is 70.2 Å². The van der Waals surface area contributed by atoms with Crippen molar-refractivity contribution in [1.29, 1.82) is 0 Å². The number of ketones is 2. The highest BCUT2D eigenvalue weighted by Crippen LogP contribution is 2.55. The summed E-state index contributed by atoms with van der Waals surface area (Å²) in [6.45, 7) is 18.2. The van der Waals surface area contributed by atoms with Crippen molar-refractivity contribution in [3.8, 4) is 11.5 Å². The third-order valence-electron chi connectivity index (χ3n) is 8.65. The Kier molecular flexibility index (Phi) is 8.24. The van der Waals surface area contributed by atoms with Crippen molar-refractivity contribution in [3.05, 3.63) is 94.4 Å². The molecule has 0 saturated heterocycles. The molecule has 42 heavy (non-hydrogen) atoms. The number of benzene rings is 2. The Labute approximate surface area is 251 Å². The summed E-state index contributed by atoms with van der Waals surface area (Å²) in [5.41, 5.74) is 6.35. The second kappa shape index (κ2) is 11.6. The third kappa shape index (κ3) is 5.71. The van der Waals surface area contributed by atoms with Gasteiger partial charge in [-0.3, -0.25) is 9.59 Å². The van der Waals surface area contributed by atoms with E-state index in [9.17, 15) is 9.59 Å². The monoisotopic (exact) mass is 567 g/mol. The van der Waals surface area contributed by atoms with Gasteiger partial charge in [0.1, 0.15) is 0 Å². The lowest BCUT2D eigenvalue weighted by Crippen LogP contribution is -2.44. The molecule has 0 spiro atoms. The summed E-state index contributed by atoms with van der Waals surface area (Å²) in [5, 5.41) is 0. The number of hydrogen-bond donors (Lipinski definition) is 0. The van der Waals surface area contributed by atoms with E-state index in [0.29, 0.717) is 50.5 Å². The van der Waals surface area contributed by atoms with E-state index in [4.69, 9.17) is 9.47 Å². The minimum absolute atomic E-state index is 0.130. The topological polar surface area (TPSA) is 55.8 Å². The predicted octanol–water partition coefficient (Wildman–Crippen LogP) is 8.10. The molecule has 0 radical (unpaired) electrons. The molecular weight excluding hydrogens is 522 g/mol. The second-order valence-corrected chi connectivity index (χ2v) is 13.5. The fraction of sp³-hybridized carbons (Fsp3) is 0.459. The lowest BCUT2D eigenvalue weighted by atomic mass is 9.63. The molecule has 2 aliphatic carbocycles. The van der Waals surface area contributed by atoms with Gasteiger partial charge in [0, 0.05) is 53.4 Å². The van der Waals surface area contributed by atoms with Gasteiger partial charge in [-0.15, -0.1) is 6.58 Å². The van der Waals surface area contributed by atoms with Crippen LogP contribution in [0.4, 0.5) is 0 Å². The number of ether oxygens (including phenoxy) is 2. The minimum atomic E-state index is -0.437. The van der Waals surface area contributed by atoms with Gasteiger partial charge < -0.3 is 14.4 Å². The van der Waals surface area contributed by atoms with Crippen molar-refractivity contribution < 1.29 is 19.1 Å². The van der Waals surface area contributed by atoms with Crippen LogP contribution in [0.15, 0.2) is 77.7 Å². The largest absolute Gasteiger partial charge is 0.490 e. The molecule has 2 aromatic carbocycles. The van der Waals surface area contributed by atoms with Gasteiger partial charge in [-0.25, -0.2) is 0 Å². The summed E-state index contributed by atoms with van der Waals surface area (Å²) in [7, 11) is 0. The summed E-state index contributed by atoms with van der Waals surface area (Å²) in [6.07, 6.45) is 4.92. The highest BCUT2D eigenvalue weighted by atomic mass is 16.5. The Morgan fingerprint density at radius 3 is 1.95 bits per heavy atom. The number of carbonyl (C=O) groups excluding carboxylic acids is 2. The number of Topliss-reactive ketones (excluding diaryl/α,β-unsaturated/α-hetero) is 2. The standard InChI is InChI=1S/C37H45NO4/c1-8-14-25-17-26(18-31(41-9-2)35(25)42-10-3)32-33-27(19-36(4,5)21-29(33)39)38(23-24-15-12-11-13-16-24)28-20-37(6,7)22-30(40)34(28)32/h8,11-13,15-18,32H,1,9-10,14,19-23H2,2-7H3. The predicted molar refractivity (Wildman–Crippen MR) is 168 cm³/mol. The van der Waals surface area contributed by atoms with Crippen LogP contribution in [0.25, 0.3) is 0 Å². The molecule has 2 aromatic rings. The van der Waals surface area contributed by atoms with Crippen molar-refractivity contribution in [2.75, 3.05) is 13.2 Å². The van der Waals surface area contributed by atoms with E-state index in [-0.39, 0.29) is 22.4 Å². The normalized spacial score (nSPS) is 19.9. The first kappa shape index (κ1) is 29.9. The SMILES string of the molecule is C=CCc1cc(C2C3=C(CC(C)(C)CC3=O)N(Cc3ccccc3)C3=C2C(=O)CC(C)(C)C3)cc(OCC)c1OCC. The zero-order valence-electron chi connectivity index (χ0n) is 26.1. The van der Waals surface area contributed by atoms with E-state index < -0.39 is 5.92 Å². The maximum atomic E-state index is 14.2. The van der Waals surface area contributed by atoms with Gasteiger partial charge >= 0.3 is 0 Å². The molecule has 3 aliphatic rings. The van der Waals surface area contributed by atoms with Crippen molar-refractivity contribution in [3.63, 3.8) is 0 Å². The van der Waals surface area contributed by atoms with Crippen LogP contribution in [0.1, 0.15) is 89.8 Å². The first-order valence-electron chi connectivity index (χ1n) is 15.4. The average molecular weight is 568 g/mol. The molecule has 0 amide bonds. The molecule has 1 aliphatic heterocycles. The smallest absolute Gasteiger partial charge is 0.164 e. The molecule has 222 valence electrons. The Hall–Kier alpha value is -3.60. The second-order valence-electron chi connectivity index (χ2n) is 13.5. The van der Waals surface area contributed by atoms with Crippen LogP contribution in [0, 0.1) is 10.8 Å². The maximum absolute atomic E-state index is 14.2. The van der Waals surface area contributed by atoms with Crippen LogP contribution in [-0.4, -0.2) is 29.7 Å². The van der Waals surface area contributed by atoms with E-state index in [2.05, 4.69) is 69.5 Å². The van der Waals surface area contributed by atoms with Gasteiger partial charge in [0.2, 0.25) is 0 Å². The van der Waals surface area contributed by atoms with E-state index in [1.807, 2.05) is 32.1 Å². The first-order valence-corrected chi connectivity index (χ1v) is 15.4. The fourth-order valence-corrected chi connectivity index (χ4v) is 7.07. The number of nitrogens with zero attached hydrogens (tertiary/aromatic N) is 1. The maximum Gasteiger partial charge on any atom is 0.164 e. The van der Waals surface area contributed by atoms with Crippen LogP contribution in [-0.2, 0) is 22.6 Å². The van der Waals surface area contributed by atoms with Crippen LogP contribution in [0.5, 0.6) is 11.5 Å². The Morgan fingerprint density at radius 1 is 0.857 bits per heavy atom. The van der Waals surface area contributed by atoms with Gasteiger partial charge in [0.25, 0.3) is 0 Å². The minimum Gasteiger partial charge on any atom is -0.490 e. The molecule has 0 atom stereocenters. The Morgan fingerprint density at radius 2 is 1.43 bits per heavy atom. The summed E-state index contributed by atoms with van der Waals surface area (Å²) >= 11 is 0. The quantitative estimate of drug-likeness (QED) is 0.287. The molecule has 0 unspecified atom stereocenters. The van der Waals surface area contributed by atoms with Crippen molar-refractivity contribution in [2.45, 2.75) is 86.1 Å². The van der Waals surface area contributed by atoms with E-state index in [1.54, 1.807) is 0 Å². The zero-order valence-corrected chi connectivity index (χ0v) is 26.1. The van der Waals surface area contributed by atoms with E-state index in [1.165, 1.54) is 0 Å². The van der Waals surface area contributed by atoms with Gasteiger partial charge in [0.05, 0.1) is 13.2 Å². The molecule has 1 heterocycles. The summed E-state index contributed by atoms with van der Waals surface area (Å²) in [6, 6.07) is 14.5. The number of allylic oxidation sites excluding steroid dienone is 5. The van der Waals surface area contributed by atoms with Gasteiger partial charge in [0.15, 0.2) is 23.1 Å². The fourth-order valence-electron chi connectivity index (χ4n) is 7.07. The number of carbonyl (C=O) groups is 2. The molecule has 0 saturated carbocycles. The molecule has 0 N–H and O–H groups in total. The lowest BCUT2D eigenvalue weighted by molar-refractivity contribution is -0.119. The van der Waals surface area contributed by atoms with Crippen molar-refractivity contribution in [1.82, 2.24) is 4.90 Å². The van der Waals surface area contributed by atoms with Crippen molar-refractivity contribution in [2.24, 2.45) is 10.8 Å². The van der Waals surface area contributed by atoms with Crippen LogP contribution >= 0.6 is 0 Å². The summed E-state index contributed by atoms with van der Waals surface area (Å²) in [5.74, 6) is 1.18. The van der Waals surface area contributed by atoms with E-state index >= 15 is 0 Å². The zero-order chi connectivity index (χ0) is 30.2. The number of rotatable bonds is 9. The highest BCUT2D eigenvalue weighted by molar-refractivity contribution is 6.06. The molecule has 5 rings (SSSR count). The summed E-state index contributed by atoms with van der Waals surface area (Å²) in [4.78, 5) is 30.8. The molecule has 0 fully saturated rings. The van der Waals surface area contributed by atoms with Gasteiger partial charge in [-0.2, -0.15) is 0 Å². The average Bonchev–Trinajstić information content (AvgIpc) is 2.90. The first-order chi connectivity index (χ1) is 20.0. The molecule has 0 bridgehead atoms. The Bertz CT molecular complexity index is 1410. The molecule has 5 nitrogen and oxygen atoms in total. The van der Waals surface area contributed by atoms with Crippen molar-refractivity contribution >= 4 is 11.6 Å². The lowest BCUT2D eigenvalue weighted by Gasteiger charge is -2.49. The van der Waals surface area contributed by atoms with Gasteiger partial charge in [-0.05, 0) is 61.1 Å². The highest BCUT2D eigenvalue weighted by Gasteiger charge is 2.49. The van der Waals surface area contributed by atoms with Crippen LogP contribution < -0.4 is 9.47 Å². The van der Waals surface area contributed by atoms with E-state index in [0.717, 1.165) is 52.1 Å². The third-order valence-corrected chi connectivity index (χ3v) is 8.65. The number of hydrogen-bond acceptors (Lipinski definition) is 5. The molecular formula is C37H45NO4. The summed E-state index contributed by atoms with van der Waals surface area (Å²) < 4.78 is 12.2. The van der Waals surface area contributed by atoms with Crippen LogP contribution in [0.2, 0.25) is 0 Å². The van der Waals surface area contributed by atoms with Crippen LogP contribution in [0.3, 0.4) is 0 Å². The molecule has 5 heteroatoms. The molecule has 0 aromatic heterocycles. The Balaban J connectivity index is 1.80.